The van der Waals surface area contributed by atoms with Gasteiger partial charge in [-0.3, -0.25) is 9.69 Å². The van der Waals surface area contributed by atoms with Crippen LogP contribution in [0.15, 0.2) is 10.5 Å². The molecule has 94 valence electrons. The monoisotopic (exact) mass is 237 g/mol. The van der Waals surface area contributed by atoms with Crippen molar-refractivity contribution in [2.24, 2.45) is 0 Å². The average Bonchev–Trinajstić information content (AvgIpc) is 3.00. The van der Waals surface area contributed by atoms with Gasteiger partial charge < -0.3 is 9.52 Å². The van der Waals surface area contributed by atoms with E-state index in [4.69, 9.17) is 9.52 Å². The summed E-state index contributed by atoms with van der Waals surface area (Å²) < 4.78 is 5.52. The number of aryl methyl sites for hydroxylation is 2. The topological polar surface area (TPSA) is 53.7 Å². The molecule has 1 aliphatic rings. The number of carboxylic acid groups (broad SMARTS) is 1. The van der Waals surface area contributed by atoms with Gasteiger partial charge in [-0.2, -0.15) is 0 Å². The van der Waals surface area contributed by atoms with Crippen LogP contribution in [-0.4, -0.2) is 28.6 Å². The highest BCUT2D eigenvalue weighted by molar-refractivity contribution is 5.69. The number of hydrogen-bond donors (Lipinski definition) is 1. The molecule has 17 heavy (non-hydrogen) atoms. The average molecular weight is 237 g/mol. The summed E-state index contributed by atoms with van der Waals surface area (Å²) in [6.45, 7) is 6.01. The third-order valence-electron chi connectivity index (χ3n) is 3.36. The number of carbonyl (C=O) groups is 1. The Morgan fingerprint density at radius 3 is 2.65 bits per heavy atom. The SMILES string of the molecule is Cc1cc(C(C)N(CC(=O)O)C2CC2)c(C)o1. The minimum absolute atomic E-state index is 0.107. The van der Waals surface area contributed by atoms with E-state index in [1.807, 2.05) is 19.9 Å². The maximum atomic E-state index is 10.9. The van der Waals surface area contributed by atoms with Gasteiger partial charge in [0.1, 0.15) is 11.5 Å². The van der Waals surface area contributed by atoms with Gasteiger partial charge in [-0.05, 0) is 39.7 Å². The fraction of sp³-hybridized carbons (Fsp3) is 0.615. The Hall–Kier alpha value is -1.29. The number of aliphatic carboxylic acids is 1. The van der Waals surface area contributed by atoms with E-state index in [9.17, 15) is 4.79 Å². The van der Waals surface area contributed by atoms with E-state index in [1.165, 1.54) is 0 Å². The van der Waals surface area contributed by atoms with Gasteiger partial charge in [0.25, 0.3) is 0 Å². The molecule has 1 N–H and O–H groups in total. The molecule has 0 saturated heterocycles. The Bertz CT molecular complexity index is 420. The molecule has 0 radical (unpaired) electrons. The van der Waals surface area contributed by atoms with Gasteiger partial charge in [-0.15, -0.1) is 0 Å². The van der Waals surface area contributed by atoms with Crippen molar-refractivity contribution in [1.29, 1.82) is 0 Å². The van der Waals surface area contributed by atoms with E-state index in [1.54, 1.807) is 0 Å². The molecular formula is C13H19NO3. The highest BCUT2D eigenvalue weighted by Crippen LogP contribution is 2.35. The first-order valence-corrected chi connectivity index (χ1v) is 6.03. The van der Waals surface area contributed by atoms with Gasteiger partial charge in [0, 0.05) is 17.6 Å². The first-order valence-electron chi connectivity index (χ1n) is 6.03. The summed E-state index contributed by atoms with van der Waals surface area (Å²) in [7, 11) is 0. The number of nitrogens with zero attached hydrogens (tertiary/aromatic N) is 1. The molecule has 0 spiro atoms. The third-order valence-corrected chi connectivity index (χ3v) is 3.36. The van der Waals surface area contributed by atoms with Crippen LogP contribution in [0.4, 0.5) is 0 Å². The van der Waals surface area contributed by atoms with Gasteiger partial charge in [0.15, 0.2) is 0 Å². The van der Waals surface area contributed by atoms with Crippen molar-refractivity contribution in [1.82, 2.24) is 4.90 Å². The molecule has 2 rings (SSSR count). The summed E-state index contributed by atoms with van der Waals surface area (Å²) in [5, 5.41) is 8.97. The van der Waals surface area contributed by atoms with Crippen molar-refractivity contribution in [2.45, 2.75) is 45.7 Å². The summed E-state index contributed by atoms with van der Waals surface area (Å²) in [4.78, 5) is 13.0. The Kier molecular flexibility index (Phi) is 3.24. The van der Waals surface area contributed by atoms with E-state index in [0.29, 0.717) is 6.04 Å². The van der Waals surface area contributed by atoms with Crippen molar-refractivity contribution in [3.05, 3.63) is 23.2 Å². The van der Waals surface area contributed by atoms with Crippen LogP contribution in [0.1, 0.15) is 42.9 Å². The first-order chi connectivity index (χ1) is 7.99. The van der Waals surface area contributed by atoms with Crippen molar-refractivity contribution in [2.75, 3.05) is 6.54 Å². The zero-order chi connectivity index (χ0) is 12.6. The summed E-state index contributed by atoms with van der Waals surface area (Å²) in [5.74, 6) is 1.02. The van der Waals surface area contributed by atoms with Gasteiger partial charge in [0.05, 0.1) is 6.54 Å². The molecule has 0 amide bonds. The van der Waals surface area contributed by atoms with E-state index >= 15 is 0 Å². The van der Waals surface area contributed by atoms with Crippen LogP contribution in [0.2, 0.25) is 0 Å². The van der Waals surface area contributed by atoms with E-state index in [-0.39, 0.29) is 12.6 Å². The molecule has 1 unspecified atom stereocenters. The molecule has 1 heterocycles. The van der Waals surface area contributed by atoms with Gasteiger partial charge in [-0.25, -0.2) is 0 Å². The lowest BCUT2D eigenvalue weighted by Gasteiger charge is -2.27. The molecule has 0 bridgehead atoms. The lowest BCUT2D eigenvalue weighted by atomic mass is 10.1. The van der Waals surface area contributed by atoms with E-state index in [2.05, 4.69) is 11.8 Å². The van der Waals surface area contributed by atoms with Crippen molar-refractivity contribution in [3.8, 4) is 0 Å². The lowest BCUT2D eigenvalue weighted by Crippen LogP contribution is -2.34. The molecule has 0 aliphatic heterocycles. The molecule has 1 fully saturated rings. The normalized spacial score (nSPS) is 17.4. The summed E-state index contributed by atoms with van der Waals surface area (Å²) in [5.41, 5.74) is 1.11. The smallest absolute Gasteiger partial charge is 0.317 e. The summed E-state index contributed by atoms with van der Waals surface area (Å²) >= 11 is 0. The molecule has 4 heteroatoms. The Labute approximate surface area is 101 Å². The van der Waals surface area contributed by atoms with Crippen molar-refractivity contribution in [3.63, 3.8) is 0 Å². The second-order valence-corrected chi connectivity index (χ2v) is 4.84. The number of furan rings is 1. The van der Waals surface area contributed by atoms with Crippen LogP contribution in [0.25, 0.3) is 0 Å². The Balaban J connectivity index is 2.18. The maximum absolute atomic E-state index is 10.9. The molecule has 1 aromatic heterocycles. The second-order valence-electron chi connectivity index (χ2n) is 4.84. The van der Waals surface area contributed by atoms with Crippen LogP contribution in [0, 0.1) is 13.8 Å². The molecule has 1 atom stereocenters. The van der Waals surface area contributed by atoms with Crippen LogP contribution < -0.4 is 0 Å². The zero-order valence-electron chi connectivity index (χ0n) is 10.6. The Morgan fingerprint density at radius 2 is 2.24 bits per heavy atom. The third kappa shape index (κ3) is 2.69. The predicted octanol–water partition coefficient (Wildman–Crippen LogP) is 2.51. The van der Waals surface area contributed by atoms with Crippen molar-refractivity contribution >= 4 is 5.97 Å². The Morgan fingerprint density at radius 1 is 1.59 bits per heavy atom. The minimum atomic E-state index is -0.762. The molecule has 1 aliphatic carbocycles. The molecular weight excluding hydrogens is 218 g/mol. The fourth-order valence-electron chi connectivity index (χ4n) is 2.39. The van der Waals surface area contributed by atoms with Crippen LogP contribution in [0.3, 0.4) is 0 Å². The van der Waals surface area contributed by atoms with Crippen LogP contribution in [-0.2, 0) is 4.79 Å². The summed E-state index contributed by atoms with van der Waals surface area (Å²) in [6.07, 6.45) is 2.21. The standard InChI is InChI=1S/C13H19NO3/c1-8-6-12(10(3)17-8)9(2)14(7-13(15)16)11-4-5-11/h6,9,11H,4-5,7H2,1-3H3,(H,15,16). The largest absolute Gasteiger partial charge is 0.480 e. The quantitative estimate of drug-likeness (QED) is 0.855. The second kappa shape index (κ2) is 4.53. The lowest BCUT2D eigenvalue weighted by molar-refractivity contribution is -0.139. The summed E-state index contributed by atoms with van der Waals surface area (Å²) in [6, 6.07) is 2.55. The predicted molar refractivity (Wildman–Crippen MR) is 64.0 cm³/mol. The van der Waals surface area contributed by atoms with Gasteiger partial charge in [-0.1, -0.05) is 0 Å². The van der Waals surface area contributed by atoms with Gasteiger partial charge in [0.2, 0.25) is 0 Å². The number of carboxylic acids is 1. The molecule has 1 saturated carbocycles. The maximum Gasteiger partial charge on any atom is 0.317 e. The van der Waals surface area contributed by atoms with Gasteiger partial charge >= 0.3 is 5.97 Å². The first kappa shape index (κ1) is 12.2. The van der Waals surface area contributed by atoms with Crippen LogP contribution >= 0.6 is 0 Å². The minimum Gasteiger partial charge on any atom is -0.480 e. The molecule has 0 aromatic carbocycles. The van der Waals surface area contributed by atoms with Crippen molar-refractivity contribution < 1.29 is 14.3 Å². The fourth-order valence-corrected chi connectivity index (χ4v) is 2.39. The zero-order valence-corrected chi connectivity index (χ0v) is 10.6. The van der Waals surface area contributed by atoms with E-state index < -0.39 is 5.97 Å². The highest BCUT2D eigenvalue weighted by Gasteiger charge is 2.34. The number of rotatable bonds is 5. The highest BCUT2D eigenvalue weighted by atomic mass is 16.4. The van der Waals surface area contributed by atoms with Crippen LogP contribution in [0.5, 0.6) is 0 Å². The molecule has 4 nitrogen and oxygen atoms in total. The van der Waals surface area contributed by atoms with E-state index in [0.717, 1.165) is 29.9 Å². The molecule has 1 aromatic rings. The number of hydrogen-bond acceptors (Lipinski definition) is 3.